The van der Waals surface area contributed by atoms with Crippen LogP contribution in [0.3, 0.4) is 0 Å². The van der Waals surface area contributed by atoms with E-state index >= 15 is 0 Å². The molecule has 64 valence electrons. The van der Waals surface area contributed by atoms with Gasteiger partial charge in [-0.15, -0.1) is 0 Å². The topological polar surface area (TPSA) is 21.3 Å². The second-order valence-electron chi connectivity index (χ2n) is 3.07. The van der Waals surface area contributed by atoms with Gasteiger partial charge in [-0.3, -0.25) is 0 Å². The zero-order valence-corrected chi connectivity index (χ0v) is 6.99. The highest BCUT2D eigenvalue weighted by molar-refractivity contribution is 5.23. The quantitative estimate of drug-likeness (QED) is 0.636. The molecule has 1 fully saturated rings. The molecule has 2 nitrogen and oxygen atoms in total. The fourth-order valence-electron chi connectivity index (χ4n) is 1.51. The average molecular weight is 164 g/mol. The van der Waals surface area contributed by atoms with E-state index in [1.54, 1.807) is 0 Å². The first-order valence-corrected chi connectivity index (χ1v) is 4.34. The van der Waals surface area contributed by atoms with Gasteiger partial charge in [0.2, 0.25) is 0 Å². The lowest BCUT2D eigenvalue weighted by Crippen LogP contribution is -2.15. The first-order chi connectivity index (χ1) is 5.97. The van der Waals surface area contributed by atoms with E-state index in [9.17, 15) is 0 Å². The van der Waals surface area contributed by atoms with Gasteiger partial charge >= 0.3 is 1.43 Å². The highest BCUT2D eigenvalue weighted by Gasteiger charge is 2.18. The maximum absolute atomic E-state index is 5.32. The molecule has 0 aromatic carbocycles. The Hall–Kier alpha value is -1.02. The van der Waals surface area contributed by atoms with Crippen molar-refractivity contribution in [1.29, 1.82) is 0 Å². The van der Waals surface area contributed by atoms with E-state index < -0.39 is 0 Å². The van der Waals surface area contributed by atoms with E-state index in [1.165, 1.54) is 5.70 Å². The third kappa shape index (κ3) is 1.59. The molecule has 12 heavy (non-hydrogen) atoms. The van der Waals surface area contributed by atoms with Crippen molar-refractivity contribution in [1.82, 2.24) is 5.32 Å². The molecular weight excluding hydrogens is 150 g/mol. The highest BCUT2D eigenvalue weighted by Crippen LogP contribution is 2.20. The summed E-state index contributed by atoms with van der Waals surface area (Å²) >= 11 is 0. The van der Waals surface area contributed by atoms with E-state index in [2.05, 4.69) is 17.5 Å². The normalized spacial score (nSPS) is 28.0. The second-order valence-corrected chi connectivity index (χ2v) is 3.07. The minimum atomic E-state index is 0. The first kappa shape index (κ1) is 7.62. The van der Waals surface area contributed by atoms with Crippen molar-refractivity contribution in [2.45, 2.75) is 6.42 Å². The number of hydrogen-bond donors (Lipinski definition) is 1. The van der Waals surface area contributed by atoms with Crippen LogP contribution in [0.25, 0.3) is 0 Å². The number of rotatable bonds is 1. The van der Waals surface area contributed by atoms with E-state index in [0.717, 1.165) is 19.6 Å². The molecule has 2 aliphatic heterocycles. The van der Waals surface area contributed by atoms with Crippen LogP contribution in [0.15, 0.2) is 36.2 Å². The maximum atomic E-state index is 5.32. The van der Waals surface area contributed by atoms with Gasteiger partial charge in [0.25, 0.3) is 0 Å². The summed E-state index contributed by atoms with van der Waals surface area (Å²) in [7, 11) is 0. The van der Waals surface area contributed by atoms with Crippen molar-refractivity contribution in [3.05, 3.63) is 36.2 Å². The fraction of sp³-hybridized carbons (Fsp3) is 0.400. The van der Waals surface area contributed by atoms with Gasteiger partial charge < -0.3 is 10.1 Å². The van der Waals surface area contributed by atoms with Crippen LogP contribution in [0, 0.1) is 5.92 Å². The number of hydrogen-bond acceptors (Lipinski definition) is 2. The zero-order chi connectivity index (χ0) is 8.23. The van der Waals surface area contributed by atoms with Gasteiger partial charge in [-0.1, -0.05) is 12.2 Å². The summed E-state index contributed by atoms with van der Waals surface area (Å²) in [6.07, 6.45) is 11.3. The van der Waals surface area contributed by atoms with Crippen LogP contribution in [0.2, 0.25) is 0 Å². The van der Waals surface area contributed by atoms with Crippen molar-refractivity contribution in [3.63, 3.8) is 0 Å². The molecule has 0 amide bonds. The minimum Gasteiger partial charge on any atom is -0.381 e. The molecule has 0 aromatic heterocycles. The molecule has 1 unspecified atom stereocenters. The summed E-state index contributed by atoms with van der Waals surface area (Å²) < 4.78 is 5.32. The summed E-state index contributed by atoms with van der Waals surface area (Å²) in [5, 5.41) is 3.26. The van der Waals surface area contributed by atoms with Crippen molar-refractivity contribution >= 4 is 0 Å². The van der Waals surface area contributed by atoms with Gasteiger partial charge in [-0.05, 0) is 18.6 Å². The molecule has 0 radical (unpaired) electrons. The third-order valence-electron chi connectivity index (χ3n) is 2.21. The summed E-state index contributed by atoms with van der Waals surface area (Å²) in [5.41, 5.74) is 1.28. The van der Waals surface area contributed by atoms with E-state index in [1.807, 2.05) is 18.4 Å². The van der Waals surface area contributed by atoms with Crippen molar-refractivity contribution in [3.8, 4) is 0 Å². The Morgan fingerprint density at radius 2 is 2.42 bits per heavy atom. The van der Waals surface area contributed by atoms with Crippen LogP contribution in [0.5, 0.6) is 0 Å². The number of ether oxygens (including phenoxy) is 1. The third-order valence-corrected chi connectivity index (χ3v) is 2.21. The lowest BCUT2D eigenvalue weighted by atomic mass is 10.0. The fourth-order valence-corrected chi connectivity index (χ4v) is 1.51. The Bertz CT molecular complexity index is 239. The standard InChI is InChI=1S/C10H13NO/c1-2-4-10(11-6-3-1)9-5-7-12-8-9/h1-4,6,9,11H,5,7-8H2/p+1. The molecule has 0 bridgehead atoms. The van der Waals surface area contributed by atoms with Gasteiger partial charge in [0.15, 0.2) is 0 Å². The highest BCUT2D eigenvalue weighted by atomic mass is 16.5. The summed E-state index contributed by atoms with van der Waals surface area (Å²) in [6.45, 7) is 1.76. The molecule has 0 aromatic rings. The molecule has 1 atom stereocenters. The van der Waals surface area contributed by atoms with Crippen molar-refractivity contribution in [2.24, 2.45) is 5.92 Å². The molecular formula is C10H14NO+. The lowest BCUT2D eigenvalue weighted by Gasteiger charge is -2.11. The molecule has 2 heterocycles. The van der Waals surface area contributed by atoms with Crippen LogP contribution in [-0.4, -0.2) is 13.2 Å². The van der Waals surface area contributed by atoms with Crippen LogP contribution >= 0.6 is 0 Å². The van der Waals surface area contributed by atoms with Gasteiger partial charge in [-0.2, -0.15) is 0 Å². The molecule has 2 aliphatic rings. The summed E-state index contributed by atoms with van der Waals surface area (Å²) in [5.74, 6) is 0.567. The summed E-state index contributed by atoms with van der Waals surface area (Å²) in [4.78, 5) is 0. The van der Waals surface area contributed by atoms with Gasteiger partial charge in [0.05, 0.1) is 6.61 Å². The Kier molecular flexibility index (Phi) is 2.28. The second kappa shape index (κ2) is 3.59. The zero-order valence-electron chi connectivity index (χ0n) is 7.99. The van der Waals surface area contributed by atoms with Crippen LogP contribution < -0.4 is 5.32 Å². The molecule has 1 N–H and O–H groups in total. The lowest BCUT2D eigenvalue weighted by molar-refractivity contribution is 0.189. The minimum absolute atomic E-state index is 0. The molecule has 2 rings (SSSR count). The van der Waals surface area contributed by atoms with E-state index in [4.69, 9.17) is 4.74 Å². The first-order valence-electron chi connectivity index (χ1n) is 4.34. The van der Waals surface area contributed by atoms with Gasteiger partial charge in [-0.25, -0.2) is 0 Å². The Balaban J connectivity index is 0.000000845. The largest absolute Gasteiger partial charge is 1.00 e. The summed E-state index contributed by atoms with van der Waals surface area (Å²) in [6, 6.07) is 0. The molecule has 1 saturated heterocycles. The average Bonchev–Trinajstić information content (AvgIpc) is 2.48. The van der Waals surface area contributed by atoms with Crippen LogP contribution in [0.4, 0.5) is 0 Å². The van der Waals surface area contributed by atoms with Crippen molar-refractivity contribution in [2.75, 3.05) is 13.2 Å². The van der Waals surface area contributed by atoms with E-state index in [0.29, 0.717) is 5.92 Å². The molecule has 0 spiro atoms. The molecule has 2 heteroatoms. The van der Waals surface area contributed by atoms with E-state index in [-0.39, 0.29) is 1.43 Å². The van der Waals surface area contributed by atoms with Crippen molar-refractivity contribution < 1.29 is 6.16 Å². The predicted molar refractivity (Wildman–Crippen MR) is 49.5 cm³/mol. The predicted octanol–water partition coefficient (Wildman–Crippen LogP) is 1.69. The Labute approximate surface area is 74.1 Å². The number of allylic oxidation sites excluding steroid dienone is 4. The molecule has 0 saturated carbocycles. The Morgan fingerprint density at radius 1 is 1.42 bits per heavy atom. The van der Waals surface area contributed by atoms with Crippen LogP contribution in [0.1, 0.15) is 7.85 Å². The Morgan fingerprint density at radius 3 is 3.25 bits per heavy atom. The number of nitrogens with one attached hydrogen (secondary N) is 1. The smallest absolute Gasteiger partial charge is 0.381 e. The van der Waals surface area contributed by atoms with Gasteiger partial charge in [0, 0.05) is 24.4 Å². The maximum Gasteiger partial charge on any atom is 1.00 e. The SMILES string of the molecule is C1=CC=C(C2CCOC2)NC=C1.[H+]. The van der Waals surface area contributed by atoms with Crippen LogP contribution in [-0.2, 0) is 4.74 Å². The monoisotopic (exact) mass is 164 g/mol. The van der Waals surface area contributed by atoms with Gasteiger partial charge in [0.1, 0.15) is 0 Å². The molecule has 0 aliphatic carbocycles.